The second kappa shape index (κ2) is 6.29. The van der Waals surface area contributed by atoms with Crippen molar-refractivity contribution in [1.29, 1.82) is 0 Å². The Bertz CT molecular complexity index is 362. The van der Waals surface area contributed by atoms with E-state index in [1.165, 1.54) is 12.8 Å². The molecule has 0 radical (unpaired) electrons. The molecule has 5 nitrogen and oxygen atoms in total. The van der Waals surface area contributed by atoms with Crippen LogP contribution in [0.1, 0.15) is 32.5 Å². The number of hydrogen-bond acceptors (Lipinski definition) is 4. The molecular formula is C13H24N4O. The van der Waals surface area contributed by atoms with E-state index in [1.54, 1.807) is 6.33 Å². The number of ether oxygens (including phenoxy) is 1. The van der Waals surface area contributed by atoms with Gasteiger partial charge in [-0.2, -0.15) is 5.10 Å². The van der Waals surface area contributed by atoms with E-state index in [0.29, 0.717) is 12.1 Å². The van der Waals surface area contributed by atoms with Gasteiger partial charge in [0.05, 0.1) is 6.10 Å². The van der Waals surface area contributed by atoms with Crippen LogP contribution >= 0.6 is 0 Å². The molecule has 0 spiro atoms. The first-order chi connectivity index (χ1) is 8.80. The molecule has 2 unspecified atom stereocenters. The number of aryl methyl sites for hydroxylation is 1. The molecule has 2 atom stereocenters. The Morgan fingerprint density at radius 1 is 1.50 bits per heavy atom. The smallest absolute Gasteiger partial charge is 0.138 e. The highest BCUT2D eigenvalue weighted by atomic mass is 16.5. The van der Waals surface area contributed by atoms with Crippen molar-refractivity contribution in [3.05, 3.63) is 12.2 Å². The summed E-state index contributed by atoms with van der Waals surface area (Å²) in [5.41, 5.74) is 0. The minimum Gasteiger partial charge on any atom is -0.380 e. The highest BCUT2D eigenvalue weighted by Gasteiger charge is 2.37. The Balaban J connectivity index is 2.05. The molecule has 102 valence electrons. The minimum atomic E-state index is 0.298. The summed E-state index contributed by atoms with van der Waals surface area (Å²) in [6.45, 7) is 6.05. The largest absolute Gasteiger partial charge is 0.380 e. The van der Waals surface area contributed by atoms with Gasteiger partial charge >= 0.3 is 0 Å². The van der Waals surface area contributed by atoms with Crippen molar-refractivity contribution >= 4 is 0 Å². The van der Waals surface area contributed by atoms with Gasteiger partial charge in [-0.05, 0) is 32.2 Å². The number of nitrogens with one attached hydrogen (secondary N) is 1. The highest BCUT2D eigenvalue weighted by molar-refractivity contribution is 4.97. The summed E-state index contributed by atoms with van der Waals surface area (Å²) in [5.74, 6) is 1.77. The Morgan fingerprint density at radius 3 is 2.83 bits per heavy atom. The number of aromatic nitrogens is 3. The SMILES string of the molecule is CCNC(Cc1ncnn1CC)C(OC)C1CC1. The van der Waals surface area contributed by atoms with E-state index in [2.05, 4.69) is 29.2 Å². The highest BCUT2D eigenvalue weighted by Crippen LogP contribution is 2.36. The summed E-state index contributed by atoms with van der Waals surface area (Å²) in [7, 11) is 1.82. The Hall–Kier alpha value is -0.940. The van der Waals surface area contributed by atoms with Crippen LogP contribution in [0.2, 0.25) is 0 Å². The van der Waals surface area contributed by atoms with Crippen LogP contribution in [-0.4, -0.2) is 40.6 Å². The van der Waals surface area contributed by atoms with Crippen molar-refractivity contribution in [2.45, 2.75) is 51.8 Å². The molecule has 0 aromatic carbocycles. The average molecular weight is 252 g/mol. The fourth-order valence-electron chi connectivity index (χ4n) is 2.58. The first-order valence-corrected chi connectivity index (χ1v) is 6.93. The maximum atomic E-state index is 5.69. The first kappa shape index (κ1) is 13.5. The molecule has 0 amide bonds. The maximum Gasteiger partial charge on any atom is 0.138 e. The zero-order valence-corrected chi connectivity index (χ0v) is 11.6. The minimum absolute atomic E-state index is 0.298. The maximum absolute atomic E-state index is 5.69. The summed E-state index contributed by atoms with van der Waals surface area (Å²) >= 11 is 0. The molecular weight excluding hydrogens is 228 g/mol. The van der Waals surface area contributed by atoms with Gasteiger partial charge < -0.3 is 10.1 Å². The van der Waals surface area contributed by atoms with Crippen molar-refractivity contribution < 1.29 is 4.74 Å². The normalized spacial score (nSPS) is 18.8. The fraction of sp³-hybridized carbons (Fsp3) is 0.846. The van der Waals surface area contributed by atoms with Crippen LogP contribution < -0.4 is 5.32 Å². The van der Waals surface area contributed by atoms with Crippen LogP contribution in [-0.2, 0) is 17.7 Å². The van der Waals surface area contributed by atoms with E-state index in [9.17, 15) is 0 Å². The predicted molar refractivity (Wildman–Crippen MR) is 70.4 cm³/mol. The lowest BCUT2D eigenvalue weighted by Crippen LogP contribution is -2.44. The quantitative estimate of drug-likeness (QED) is 0.756. The lowest BCUT2D eigenvalue weighted by Gasteiger charge is -2.26. The molecule has 0 saturated heterocycles. The average Bonchev–Trinajstić information content (AvgIpc) is 3.10. The summed E-state index contributed by atoms with van der Waals surface area (Å²) in [6.07, 6.45) is 5.41. The van der Waals surface area contributed by atoms with Crippen LogP contribution in [0.15, 0.2) is 6.33 Å². The molecule has 2 rings (SSSR count). The van der Waals surface area contributed by atoms with Gasteiger partial charge in [-0.25, -0.2) is 4.98 Å². The number of hydrogen-bond donors (Lipinski definition) is 1. The Morgan fingerprint density at radius 2 is 2.28 bits per heavy atom. The Kier molecular flexibility index (Phi) is 4.72. The lowest BCUT2D eigenvalue weighted by atomic mass is 10.0. The molecule has 1 aromatic rings. The molecule has 1 heterocycles. The van der Waals surface area contributed by atoms with E-state index < -0.39 is 0 Å². The fourth-order valence-corrected chi connectivity index (χ4v) is 2.58. The summed E-state index contributed by atoms with van der Waals surface area (Å²) in [4.78, 5) is 4.36. The predicted octanol–water partition coefficient (Wildman–Crippen LogP) is 1.24. The molecule has 5 heteroatoms. The molecule has 1 saturated carbocycles. The zero-order chi connectivity index (χ0) is 13.0. The summed E-state index contributed by atoms with van der Waals surface area (Å²) in [6, 6.07) is 0.335. The van der Waals surface area contributed by atoms with Crippen molar-refractivity contribution in [3.8, 4) is 0 Å². The van der Waals surface area contributed by atoms with Gasteiger partial charge in [0, 0.05) is 26.1 Å². The first-order valence-electron chi connectivity index (χ1n) is 6.93. The zero-order valence-electron chi connectivity index (χ0n) is 11.6. The second-order valence-electron chi connectivity index (χ2n) is 4.90. The number of methoxy groups -OCH3 is 1. The number of likely N-dealkylation sites (N-methyl/N-ethyl adjacent to an activating group) is 1. The van der Waals surface area contributed by atoms with Crippen LogP contribution in [0.4, 0.5) is 0 Å². The number of nitrogens with zero attached hydrogens (tertiary/aromatic N) is 3. The van der Waals surface area contributed by atoms with Crippen molar-refractivity contribution in [1.82, 2.24) is 20.1 Å². The number of rotatable bonds is 8. The van der Waals surface area contributed by atoms with Gasteiger partial charge in [0.1, 0.15) is 12.2 Å². The van der Waals surface area contributed by atoms with Crippen molar-refractivity contribution in [2.75, 3.05) is 13.7 Å². The summed E-state index contributed by atoms with van der Waals surface area (Å²) < 4.78 is 7.65. The molecule has 1 fully saturated rings. The summed E-state index contributed by atoms with van der Waals surface area (Å²) in [5, 5.41) is 7.77. The molecule has 0 aliphatic heterocycles. The third-order valence-corrected chi connectivity index (χ3v) is 3.62. The second-order valence-corrected chi connectivity index (χ2v) is 4.90. The standard InChI is InChI=1S/C13H24N4O/c1-4-14-11(13(18-3)10-6-7-10)8-12-15-9-16-17(12)5-2/h9-11,13-14H,4-8H2,1-3H3. The lowest BCUT2D eigenvalue weighted by molar-refractivity contribution is 0.0507. The molecule has 1 aliphatic carbocycles. The topological polar surface area (TPSA) is 52.0 Å². The van der Waals surface area contributed by atoms with Gasteiger partial charge in [-0.3, -0.25) is 4.68 Å². The molecule has 1 N–H and O–H groups in total. The van der Waals surface area contributed by atoms with E-state index in [4.69, 9.17) is 4.74 Å². The molecule has 0 bridgehead atoms. The Labute approximate surface area is 109 Å². The monoisotopic (exact) mass is 252 g/mol. The van der Waals surface area contributed by atoms with E-state index in [-0.39, 0.29) is 0 Å². The van der Waals surface area contributed by atoms with Gasteiger partial charge in [0.15, 0.2) is 0 Å². The van der Waals surface area contributed by atoms with Crippen molar-refractivity contribution in [2.24, 2.45) is 5.92 Å². The van der Waals surface area contributed by atoms with Gasteiger partial charge in [0.25, 0.3) is 0 Å². The third-order valence-electron chi connectivity index (χ3n) is 3.62. The van der Waals surface area contributed by atoms with Crippen LogP contribution in [0.25, 0.3) is 0 Å². The molecule has 1 aliphatic rings. The van der Waals surface area contributed by atoms with Gasteiger partial charge in [-0.1, -0.05) is 6.92 Å². The molecule has 1 aromatic heterocycles. The molecule has 18 heavy (non-hydrogen) atoms. The van der Waals surface area contributed by atoms with Gasteiger partial charge in [-0.15, -0.1) is 0 Å². The van der Waals surface area contributed by atoms with Crippen LogP contribution in [0, 0.1) is 5.92 Å². The van der Waals surface area contributed by atoms with Crippen LogP contribution in [0.5, 0.6) is 0 Å². The third kappa shape index (κ3) is 3.09. The van der Waals surface area contributed by atoms with E-state index in [0.717, 1.165) is 31.3 Å². The van der Waals surface area contributed by atoms with E-state index in [1.807, 2.05) is 11.8 Å². The van der Waals surface area contributed by atoms with Crippen LogP contribution in [0.3, 0.4) is 0 Å². The van der Waals surface area contributed by atoms with E-state index >= 15 is 0 Å². The van der Waals surface area contributed by atoms with Gasteiger partial charge in [0.2, 0.25) is 0 Å². The van der Waals surface area contributed by atoms with Crippen molar-refractivity contribution in [3.63, 3.8) is 0 Å².